The predicted octanol–water partition coefficient (Wildman–Crippen LogP) is 3.00. The Bertz CT molecular complexity index is 894. The minimum atomic E-state index is -0.978. The van der Waals surface area contributed by atoms with E-state index in [-0.39, 0.29) is 31.2 Å². The molecule has 0 aliphatic carbocycles. The second-order valence-corrected chi connectivity index (χ2v) is 7.00. The summed E-state index contributed by atoms with van der Waals surface area (Å²) in [6.45, 7) is 2.16. The van der Waals surface area contributed by atoms with Gasteiger partial charge in [0.05, 0.1) is 12.5 Å². The summed E-state index contributed by atoms with van der Waals surface area (Å²) < 4.78 is 0. The highest BCUT2D eigenvalue weighted by atomic mass is 16.4. The maximum Gasteiger partial charge on any atom is 0.305 e. The predicted molar refractivity (Wildman–Crippen MR) is 106 cm³/mol. The lowest BCUT2D eigenvalue weighted by Crippen LogP contribution is -2.39. The molecule has 2 amide bonds. The van der Waals surface area contributed by atoms with Crippen molar-refractivity contribution >= 4 is 23.5 Å². The van der Waals surface area contributed by atoms with E-state index in [9.17, 15) is 19.5 Å². The maximum atomic E-state index is 12.5. The molecule has 0 aromatic heterocycles. The second-order valence-electron chi connectivity index (χ2n) is 7.00. The Balaban J connectivity index is 1.68. The van der Waals surface area contributed by atoms with Gasteiger partial charge in [-0.1, -0.05) is 42.5 Å². The number of aryl methyl sites for hydroxylation is 2. The maximum absolute atomic E-state index is 12.5. The Morgan fingerprint density at radius 3 is 2.57 bits per heavy atom. The number of aliphatic carboxylic acids is 1. The van der Waals surface area contributed by atoms with Crippen LogP contribution in [0.1, 0.15) is 42.0 Å². The van der Waals surface area contributed by atoms with E-state index in [0.29, 0.717) is 12.8 Å². The lowest BCUT2D eigenvalue weighted by molar-refractivity contribution is -0.137. The molecule has 2 N–H and O–H groups in total. The molecule has 1 unspecified atom stereocenters. The van der Waals surface area contributed by atoms with Gasteiger partial charge in [0, 0.05) is 25.1 Å². The van der Waals surface area contributed by atoms with Gasteiger partial charge in [-0.15, -0.1) is 0 Å². The van der Waals surface area contributed by atoms with Crippen molar-refractivity contribution in [3.8, 4) is 0 Å². The zero-order valence-electron chi connectivity index (χ0n) is 15.9. The smallest absolute Gasteiger partial charge is 0.305 e. The van der Waals surface area contributed by atoms with Crippen molar-refractivity contribution < 1.29 is 19.5 Å². The molecular weight excluding hydrogens is 356 g/mol. The molecule has 2 aromatic carbocycles. The number of fused-ring (bicyclic) bond motifs is 1. The van der Waals surface area contributed by atoms with E-state index in [1.165, 1.54) is 0 Å². The Hall–Kier alpha value is -3.15. The van der Waals surface area contributed by atoms with Crippen LogP contribution >= 0.6 is 0 Å². The summed E-state index contributed by atoms with van der Waals surface area (Å²) in [7, 11) is 0. The van der Waals surface area contributed by atoms with Gasteiger partial charge in [0.15, 0.2) is 0 Å². The van der Waals surface area contributed by atoms with Crippen LogP contribution in [-0.2, 0) is 20.8 Å². The summed E-state index contributed by atoms with van der Waals surface area (Å²) in [6, 6.07) is 14.5. The summed E-state index contributed by atoms with van der Waals surface area (Å²) in [5.41, 5.74) is 3.67. The van der Waals surface area contributed by atoms with E-state index in [0.717, 1.165) is 22.4 Å². The van der Waals surface area contributed by atoms with E-state index in [1.54, 1.807) is 4.90 Å². The fourth-order valence-corrected chi connectivity index (χ4v) is 3.61. The number of hydrogen-bond donors (Lipinski definition) is 2. The molecular formula is C22H24N2O4. The van der Waals surface area contributed by atoms with Crippen LogP contribution in [-0.4, -0.2) is 29.4 Å². The molecule has 0 fully saturated rings. The Labute approximate surface area is 164 Å². The van der Waals surface area contributed by atoms with Crippen LogP contribution in [0.25, 0.3) is 0 Å². The normalized spacial score (nSPS) is 14.3. The van der Waals surface area contributed by atoms with E-state index in [4.69, 9.17) is 0 Å². The number of rotatable bonds is 7. The average Bonchev–Trinajstić information content (AvgIpc) is 2.67. The van der Waals surface area contributed by atoms with Crippen molar-refractivity contribution in [1.29, 1.82) is 0 Å². The Kier molecular flexibility index (Phi) is 6.09. The molecule has 2 aromatic rings. The summed E-state index contributed by atoms with van der Waals surface area (Å²) >= 11 is 0. The standard InChI is InChI=1S/C22H24N2O4/c1-15-6-2-4-8-17(15)18(14-22(27)28)23-20(25)12-13-24-19-9-5-3-7-16(19)10-11-21(24)26/h2-9,18H,10-14H2,1H3,(H,23,25)(H,27,28). The number of amides is 2. The Morgan fingerprint density at radius 1 is 1.11 bits per heavy atom. The molecule has 28 heavy (non-hydrogen) atoms. The molecule has 1 aliphatic rings. The van der Waals surface area contributed by atoms with Crippen LogP contribution in [0.3, 0.4) is 0 Å². The number of carbonyl (C=O) groups is 3. The van der Waals surface area contributed by atoms with Crippen molar-refractivity contribution in [2.45, 2.75) is 38.6 Å². The van der Waals surface area contributed by atoms with Gasteiger partial charge >= 0.3 is 5.97 Å². The van der Waals surface area contributed by atoms with E-state index in [2.05, 4.69) is 5.32 Å². The molecule has 6 nitrogen and oxygen atoms in total. The van der Waals surface area contributed by atoms with Crippen molar-refractivity contribution in [2.75, 3.05) is 11.4 Å². The van der Waals surface area contributed by atoms with Crippen LogP contribution in [0.4, 0.5) is 5.69 Å². The number of nitrogens with zero attached hydrogens (tertiary/aromatic N) is 1. The largest absolute Gasteiger partial charge is 0.481 e. The number of benzene rings is 2. The van der Waals surface area contributed by atoms with Gasteiger partial charge in [-0.2, -0.15) is 0 Å². The van der Waals surface area contributed by atoms with Crippen LogP contribution in [0, 0.1) is 6.92 Å². The topological polar surface area (TPSA) is 86.7 Å². The first-order valence-electron chi connectivity index (χ1n) is 9.40. The molecule has 0 radical (unpaired) electrons. The van der Waals surface area contributed by atoms with Crippen LogP contribution < -0.4 is 10.2 Å². The molecule has 146 valence electrons. The highest BCUT2D eigenvalue weighted by molar-refractivity contribution is 5.97. The number of carbonyl (C=O) groups excluding carboxylic acids is 2. The van der Waals surface area contributed by atoms with Gasteiger partial charge < -0.3 is 15.3 Å². The van der Waals surface area contributed by atoms with Crippen molar-refractivity contribution in [2.24, 2.45) is 0 Å². The van der Waals surface area contributed by atoms with E-state index < -0.39 is 12.0 Å². The summed E-state index contributed by atoms with van der Waals surface area (Å²) in [5, 5.41) is 12.0. The fraction of sp³-hybridized carbons (Fsp3) is 0.318. The zero-order chi connectivity index (χ0) is 20.1. The number of nitrogens with one attached hydrogen (secondary N) is 1. The van der Waals surface area contributed by atoms with Crippen molar-refractivity contribution in [3.63, 3.8) is 0 Å². The minimum Gasteiger partial charge on any atom is -0.481 e. The minimum absolute atomic E-state index is 0.00693. The zero-order valence-corrected chi connectivity index (χ0v) is 15.9. The van der Waals surface area contributed by atoms with Crippen LogP contribution in [0.15, 0.2) is 48.5 Å². The highest BCUT2D eigenvalue weighted by Gasteiger charge is 2.25. The third kappa shape index (κ3) is 4.57. The Morgan fingerprint density at radius 2 is 1.82 bits per heavy atom. The number of anilines is 1. The number of para-hydroxylation sites is 1. The third-order valence-electron chi connectivity index (χ3n) is 5.03. The first-order chi connectivity index (χ1) is 13.5. The monoisotopic (exact) mass is 380 g/mol. The SMILES string of the molecule is Cc1ccccc1C(CC(=O)O)NC(=O)CCN1C(=O)CCc2ccccc21. The summed E-state index contributed by atoms with van der Waals surface area (Å²) in [6.07, 6.45) is 1.07. The quantitative estimate of drug-likeness (QED) is 0.773. The first-order valence-corrected chi connectivity index (χ1v) is 9.40. The van der Waals surface area contributed by atoms with Crippen LogP contribution in [0.5, 0.6) is 0 Å². The van der Waals surface area contributed by atoms with Gasteiger partial charge in [0.2, 0.25) is 11.8 Å². The number of carboxylic acid groups (broad SMARTS) is 1. The molecule has 0 saturated carbocycles. The molecule has 1 aliphatic heterocycles. The van der Waals surface area contributed by atoms with Crippen molar-refractivity contribution in [1.82, 2.24) is 5.32 Å². The summed E-state index contributed by atoms with van der Waals surface area (Å²) in [5.74, 6) is -1.24. The molecule has 0 spiro atoms. The summed E-state index contributed by atoms with van der Waals surface area (Å²) in [4.78, 5) is 37.8. The molecule has 3 rings (SSSR count). The average molecular weight is 380 g/mol. The molecule has 1 atom stereocenters. The molecule has 0 bridgehead atoms. The second kappa shape index (κ2) is 8.69. The third-order valence-corrected chi connectivity index (χ3v) is 5.03. The number of carboxylic acids is 1. The van der Waals surface area contributed by atoms with Gasteiger partial charge in [-0.3, -0.25) is 14.4 Å². The van der Waals surface area contributed by atoms with Crippen molar-refractivity contribution in [3.05, 3.63) is 65.2 Å². The first kappa shape index (κ1) is 19.6. The van der Waals surface area contributed by atoms with Gasteiger partial charge in [0.25, 0.3) is 0 Å². The van der Waals surface area contributed by atoms with Crippen LogP contribution in [0.2, 0.25) is 0 Å². The number of hydrogen-bond acceptors (Lipinski definition) is 3. The van der Waals surface area contributed by atoms with Gasteiger partial charge in [-0.05, 0) is 36.1 Å². The lowest BCUT2D eigenvalue weighted by atomic mass is 9.98. The van der Waals surface area contributed by atoms with Gasteiger partial charge in [-0.25, -0.2) is 0 Å². The van der Waals surface area contributed by atoms with E-state index in [1.807, 2.05) is 55.5 Å². The van der Waals surface area contributed by atoms with E-state index >= 15 is 0 Å². The molecule has 1 heterocycles. The molecule has 6 heteroatoms. The lowest BCUT2D eigenvalue weighted by Gasteiger charge is -2.29. The van der Waals surface area contributed by atoms with Gasteiger partial charge in [0.1, 0.15) is 0 Å². The molecule has 0 saturated heterocycles. The fourth-order valence-electron chi connectivity index (χ4n) is 3.61. The highest BCUT2D eigenvalue weighted by Crippen LogP contribution is 2.27.